The highest BCUT2D eigenvalue weighted by atomic mass is 32.2. The number of hydrogen-bond donors (Lipinski definition) is 0. The second kappa shape index (κ2) is 4.80. The molecule has 0 aromatic heterocycles. The van der Waals surface area contributed by atoms with Crippen LogP contribution in [0.2, 0.25) is 0 Å². The van der Waals surface area contributed by atoms with E-state index in [2.05, 4.69) is 4.74 Å². The van der Waals surface area contributed by atoms with Crippen LogP contribution in [0.3, 0.4) is 0 Å². The van der Waals surface area contributed by atoms with Crippen molar-refractivity contribution in [3.63, 3.8) is 0 Å². The van der Waals surface area contributed by atoms with Crippen LogP contribution in [0, 0.1) is 5.82 Å². The molecule has 0 saturated heterocycles. The summed E-state index contributed by atoms with van der Waals surface area (Å²) in [6.45, 7) is 0. The summed E-state index contributed by atoms with van der Waals surface area (Å²) in [5, 5.41) is 0. The predicted molar refractivity (Wildman–Crippen MR) is 58.6 cm³/mol. The second-order valence-corrected chi connectivity index (χ2v) is 5.54. The molecule has 0 bridgehead atoms. The van der Waals surface area contributed by atoms with Gasteiger partial charge in [-0.2, -0.15) is 0 Å². The van der Waals surface area contributed by atoms with E-state index >= 15 is 0 Å². The van der Waals surface area contributed by atoms with Crippen molar-refractivity contribution in [2.75, 3.05) is 21.2 Å². The van der Waals surface area contributed by atoms with Crippen LogP contribution in [0.1, 0.15) is 10.4 Å². The van der Waals surface area contributed by atoms with Gasteiger partial charge in [-0.15, -0.1) is 0 Å². The molecule has 1 aromatic carbocycles. The zero-order chi connectivity index (χ0) is 13.2. The Bertz CT molecular complexity index is 539. The SMILES string of the molecule is COC(=O)c1ccc(F)c(S(=O)(=O)N(C)C)c1. The first kappa shape index (κ1) is 13.6. The van der Waals surface area contributed by atoms with Crippen molar-refractivity contribution in [1.82, 2.24) is 4.31 Å². The molecule has 7 heteroatoms. The van der Waals surface area contributed by atoms with Crippen LogP contribution in [0.4, 0.5) is 4.39 Å². The van der Waals surface area contributed by atoms with Crippen molar-refractivity contribution in [2.24, 2.45) is 0 Å². The molecule has 5 nitrogen and oxygen atoms in total. The van der Waals surface area contributed by atoms with Gasteiger partial charge < -0.3 is 4.74 Å². The molecule has 0 atom stereocenters. The Morgan fingerprint density at radius 2 is 1.94 bits per heavy atom. The third kappa shape index (κ3) is 2.62. The largest absolute Gasteiger partial charge is 0.465 e. The number of methoxy groups -OCH3 is 1. The summed E-state index contributed by atoms with van der Waals surface area (Å²) in [6, 6.07) is 3.04. The van der Waals surface area contributed by atoms with Gasteiger partial charge in [-0.25, -0.2) is 21.9 Å². The molecule has 94 valence electrons. The standard InChI is InChI=1S/C10H12FNO4S/c1-12(2)17(14,15)9-6-7(10(13)16-3)4-5-8(9)11/h4-6H,1-3H3. The topological polar surface area (TPSA) is 63.7 Å². The fourth-order valence-corrected chi connectivity index (χ4v) is 2.13. The van der Waals surface area contributed by atoms with Crippen LogP contribution in [0.25, 0.3) is 0 Å². The molecule has 0 aliphatic carbocycles. The number of carbonyl (C=O) groups is 1. The third-order valence-corrected chi connectivity index (χ3v) is 3.94. The average molecular weight is 261 g/mol. The van der Waals surface area contributed by atoms with Crippen LogP contribution < -0.4 is 0 Å². The van der Waals surface area contributed by atoms with E-state index in [0.29, 0.717) is 0 Å². The number of sulfonamides is 1. The molecule has 0 amide bonds. The van der Waals surface area contributed by atoms with E-state index in [0.717, 1.165) is 29.6 Å². The van der Waals surface area contributed by atoms with Gasteiger partial charge in [0.1, 0.15) is 10.7 Å². The molecule has 1 aromatic rings. The van der Waals surface area contributed by atoms with Crippen molar-refractivity contribution in [1.29, 1.82) is 0 Å². The molecule has 0 heterocycles. The number of halogens is 1. The van der Waals surface area contributed by atoms with Crippen molar-refractivity contribution < 1.29 is 22.3 Å². The van der Waals surface area contributed by atoms with Gasteiger partial charge in [0.2, 0.25) is 10.0 Å². The number of benzene rings is 1. The van der Waals surface area contributed by atoms with Crippen LogP contribution in [-0.2, 0) is 14.8 Å². The molecule has 0 saturated carbocycles. The Kier molecular flexibility index (Phi) is 3.84. The Balaban J connectivity index is 3.40. The summed E-state index contributed by atoms with van der Waals surface area (Å²) >= 11 is 0. The van der Waals surface area contributed by atoms with Gasteiger partial charge in [0, 0.05) is 14.1 Å². The number of esters is 1. The molecule has 0 fully saturated rings. The van der Waals surface area contributed by atoms with Crippen molar-refractivity contribution in [2.45, 2.75) is 4.90 Å². The van der Waals surface area contributed by atoms with Gasteiger partial charge in [-0.3, -0.25) is 0 Å². The summed E-state index contributed by atoms with van der Waals surface area (Å²) in [6.07, 6.45) is 0. The number of ether oxygens (including phenoxy) is 1. The zero-order valence-electron chi connectivity index (χ0n) is 9.60. The normalized spacial score (nSPS) is 11.6. The lowest BCUT2D eigenvalue weighted by molar-refractivity contribution is 0.0600. The Labute approximate surface area is 98.9 Å². The Hall–Kier alpha value is -1.47. The van der Waals surface area contributed by atoms with Crippen molar-refractivity contribution in [3.8, 4) is 0 Å². The van der Waals surface area contributed by atoms with E-state index in [1.807, 2.05) is 0 Å². The van der Waals surface area contributed by atoms with Gasteiger partial charge in [0.05, 0.1) is 12.7 Å². The lowest BCUT2D eigenvalue weighted by atomic mass is 10.2. The van der Waals surface area contributed by atoms with E-state index in [4.69, 9.17) is 0 Å². The number of nitrogens with zero attached hydrogens (tertiary/aromatic N) is 1. The van der Waals surface area contributed by atoms with E-state index < -0.39 is 26.7 Å². The first-order chi connectivity index (χ1) is 7.80. The second-order valence-electron chi connectivity index (χ2n) is 3.42. The smallest absolute Gasteiger partial charge is 0.337 e. The molecule has 1 rings (SSSR count). The lowest BCUT2D eigenvalue weighted by Gasteiger charge is -2.12. The van der Waals surface area contributed by atoms with Gasteiger partial charge in [0.15, 0.2) is 0 Å². The molecule has 17 heavy (non-hydrogen) atoms. The minimum Gasteiger partial charge on any atom is -0.465 e. The fourth-order valence-electron chi connectivity index (χ4n) is 1.14. The van der Waals surface area contributed by atoms with Crippen molar-refractivity contribution in [3.05, 3.63) is 29.6 Å². The lowest BCUT2D eigenvalue weighted by Crippen LogP contribution is -2.23. The van der Waals surface area contributed by atoms with Gasteiger partial charge in [-0.1, -0.05) is 0 Å². The summed E-state index contributed by atoms with van der Waals surface area (Å²) in [7, 11) is -0.208. The van der Waals surface area contributed by atoms with Crippen molar-refractivity contribution >= 4 is 16.0 Å². The van der Waals surface area contributed by atoms with Crippen LogP contribution >= 0.6 is 0 Å². The Morgan fingerprint density at radius 1 is 1.35 bits per heavy atom. The number of hydrogen-bond acceptors (Lipinski definition) is 4. The minimum absolute atomic E-state index is 0.0191. The van der Waals surface area contributed by atoms with Crippen LogP contribution in [0.15, 0.2) is 23.1 Å². The van der Waals surface area contributed by atoms with Gasteiger partial charge >= 0.3 is 5.97 Å². The average Bonchev–Trinajstić information content (AvgIpc) is 2.28. The van der Waals surface area contributed by atoms with Gasteiger partial charge in [0.25, 0.3) is 0 Å². The minimum atomic E-state index is -3.92. The Morgan fingerprint density at radius 3 is 2.41 bits per heavy atom. The maximum atomic E-state index is 13.4. The molecule has 0 unspecified atom stereocenters. The first-order valence-corrected chi connectivity index (χ1v) is 6.05. The maximum absolute atomic E-state index is 13.4. The molecule has 0 N–H and O–H groups in total. The summed E-state index contributed by atoms with van der Waals surface area (Å²) in [5.74, 6) is -1.63. The zero-order valence-corrected chi connectivity index (χ0v) is 10.4. The van der Waals surface area contributed by atoms with Gasteiger partial charge in [-0.05, 0) is 18.2 Å². The van der Waals surface area contributed by atoms with Crippen LogP contribution in [-0.4, -0.2) is 39.9 Å². The van der Waals surface area contributed by atoms with E-state index in [1.165, 1.54) is 14.1 Å². The van der Waals surface area contributed by atoms with E-state index in [1.54, 1.807) is 0 Å². The summed E-state index contributed by atoms with van der Waals surface area (Å²) < 4.78 is 42.2. The van der Waals surface area contributed by atoms with E-state index in [-0.39, 0.29) is 5.56 Å². The third-order valence-electron chi connectivity index (χ3n) is 2.11. The quantitative estimate of drug-likeness (QED) is 0.757. The predicted octanol–water partition coefficient (Wildman–Crippen LogP) is 0.863. The molecule has 0 radical (unpaired) electrons. The van der Waals surface area contributed by atoms with Crippen LogP contribution in [0.5, 0.6) is 0 Å². The summed E-state index contributed by atoms with van der Waals surface area (Å²) in [4.78, 5) is 10.7. The maximum Gasteiger partial charge on any atom is 0.337 e. The molecule has 0 aliphatic heterocycles. The molecule has 0 spiro atoms. The molecular formula is C10H12FNO4S. The number of carbonyl (C=O) groups excluding carboxylic acids is 1. The highest BCUT2D eigenvalue weighted by Gasteiger charge is 2.23. The van der Waals surface area contributed by atoms with E-state index in [9.17, 15) is 17.6 Å². The monoisotopic (exact) mass is 261 g/mol. The molecule has 0 aliphatic rings. The number of rotatable bonds is 3. The highest BCUT2D eigenvalue weighted by Crippen LogP contribution is 2.19. The highest BCUT2D eigenvalue weighted by molar-refractivity contribution is 7.89. The first-order valence-electron chi connectivity index (χ1n) is 4.61. The fraction of sp³-hybridized carbons (Fsp3) is 0.300. The summed E-state index contributed by atoms with van der Waals surface area (Å²) in [5.41, 5.74) is -0.0191. The molecular weight excluding hydrogens is 249 g/mol.